The van der Waals surface area contributed by atoms with E-state index in [2.05, 4.69) is 31.2 Å². The smallest absolute Gasteiger partial charge is 0.409 e. The molecule has 3 rings (SSSR count). The minimum absolute atomic E-state index is 0.0397. The highest BCUT2D eigenvalue weighted by atomic mass is 16.6. The molecule has 11 heteroatoms. The lowest BCUT2D eigenvalue weighted by Gasteiger charge is -2.19. The molecule has 0 radical (unpaired) electrons. The number of esters is 1. The highest BCUT2D eigenvalue weighted by molar-refractivity contribution is 5.79. The monoisotopic (exact) mass is 659 g/mol. The Hall–Kier alpha value is -3.06. The molecule has 0 fully saturated rings. The molecule has 0 spiro atoms. The molecule has 47 heavy (non-hydrogen) atoms. The first-order valence-electron chi connectivity index (χ1n) is 16.8. The van der Waals surface area contributed by atoms with Crippen LogP contribution in [-0.2, 0) is 42.7 Å². The van der Waals surface area contributed by atoms with E-state index in [1.165, 1.54) is 27.2 Å². The molecule has 0 N–H and O–H groups in total. The quantitative estimate of drug-likeness (QED) is 0.0950. The number of rotatable bonds is 27. The molecule has 262 valence electrons. The molecule has 1 amide bonds. The summed E-state index contributed by atoms with van der Waals surface area (Å²) in [7, 11) is 1.71. The van der Waals surface area contributed by atoms with Crippen LogP contribution in [0.25, 0.3) is 11.1 Å². The van der Waals surface area contributed by atoms with Gasteiger partial charge in [-0.05, 0) is 28.7 Å². The van der Waals surface area contributed by atoms with Crippen molar-refractivity contribution in [3.8, 4) is 11.1 Å². The number of fused-ring (bicyclic) bond motifs is 3. The van der Waals surface area contributed by atoms with Gasteiger partial charge in [0.1, 0.15) is 13.2 Å². The van der Waals surface area contributed by atoms with Gasteiger partial charge < -0.3 is 42.8 Å². The lowest BCUT2D eigenvalue weighted by molar-refractivity contribution is -0.145. The Kier molecular flexibility index (Phi) is 19.7. The van der Waals surface area contributed by atoms with Gasteiger partial charge in [-0.2, -0.15) is 0 Å². The summed E-state index contributed by atoms with van der Waals surface area (Å²) in [5.41, 5.74) is 4.80. The number of carbonyl (C=O) groups is 2. The molecule has 0 aromatic heterocycles. The first-order chi connectivity index (χ1) is 23.1. The summed E-state index contributed by atoms with van der Waals surface area (Å²) in [5, 5.41) is 0. The second kappa shape index (κ2) is 24.1. The molecule has 0 heterocycles. The summed E-state index contributed by atoms with van der Waals surface area (Å²) in [6.45, 7) is 8.47. The molecule has 1 aliphatic carbocycles. The Morgan fingerprint density at radius 2 is 1.04 bits per heavy atom. The van der Waals surface area contributed by atoms with Crippen LogP contribution in [0.2, 0.25) is 0 Å². The highest BCUT2D eigenvalue weighted by Crippen LogP contribution is 2.44. The van der Waals surface area contributed by atoms with Crippen molar-refractivity contribution >= 4 is 12.1 Å². The Labute approximate surface area is 279 Å². The van der Waals surface area contributed by atoms with Gasteiger partial charge >= 0.3 is 12.1 Å². The van der Waals surface area contributed by atoms with E-state index in [0.29, 0.717) is 98.9 Å². The van der Waals surface area contributed by atoms with Crippen LogP contribution in [0.5, 0.6) is 0 Å². The number of hydrogen-bond donors (Lipinski definition) is 0. The second-order valence-corrected chi connectivity index (χ2v) is 11.1. The van der Waals surface area contributed by atoms with Gasteiger partial charge in [-0.3, -0.25) is 4.79 Å². The molecular weight excluding hydrogens is 606 g/mol. The number of benzene rings is 2. The maximum atomic E-state index is 12.6. The van der Waals surface area contributed by atoms with E-state index < -0.39 is 0 Å². The molecule has 2 aromatic carbocycles. The van der Waals surface area contributed by atoms with E-state index in [1.54, 1.807) is 7.05 Å². The van der Waals surface area contributed by atoms with Gasteiger partial charge in [-0.25, -0.2) is 4.79 Å². The topological polar surface area (TPSA) is 111 Å². The first kappa shape index (κ1) is 38.4. The van der Waals surface area contributed by atoms with Crippen molar-refractivity contribution in [2.24, 2.45) is 0 Å². The number of amides is 1. The number of likely N-dealkylation sites (N-methyl/N-ethyl adjacent to an activating group) is 1. The van der Waals surface area contributed by atoms with Crippen molar-refractivity contribution in [2.45, 2.75) is 38.5 Å². The van der Waals surface area contributed by atoms with Gasteiger partial charge in [0.2, 0.25) is 0 Å². The predicted octanol–water partition coefficient (Wildman–Crippen LogP) is 5.09. The predicted molar refractivity (Wildman–Crippen MR) is 178 cm³/mol. The van der Waals surface area contributed by atoms with E-state index in [0.717, 1.165) is 19.3 Å². The van der Waals surface area contributed by atoms with E-state index in [9.17, 15) is 9.59 Å². The largest absolute Gasteiger partial charge is 0.463 e. The number of hydrogen-bond acceptors (Lipinski definition) is 10. The number of unbranched alkanes of at least 4 members (excludes halogenated alkanes) is 2. The summed E-state index contributed by atoms with van der Waals surface area (Å²) < 4.78 is 43.7. The summed E-state index contributed by atoms with van der Waals surface area (Å²) in [5.74, 6) is -0.124. The molecule has 2 aromatic rings. The van der Waals surface area contributed by atoms with Crippen molar-refractivity contribution in [3.63, 3.8) is 0 Å². The number of nitrogens with zero attached hydrogens (tertiary/aromatic N) is 1. The first-order valence-corrected chi connectivity index (χ1v) is 16.8. The van der Waals surface area contributed by atoms with Crippen molar-refractivity contribution in [3.05, 3.63) is 59.7 Å². The van der Waals surface area contributed by atoms with E-state index >= 15 is 0 Å². The third-order valence-corrected chi connectivity index (χ3v) is 7.55. The maximum absolute atomic E-state index is 12.6. The molecule has 11 nitrogen and oxygen atoms in total. The van der Waals surface area contributed by atoms with Crippen LogP contribution in [0.3, 0.4) is 0 Å². The van der Waals surface area contributed by atoms with Gasteiger partial charge in [-0.15, -0.1) is 0 Å². The lowest BCUT2D eigenvalue weighted by Crippen LogP contribution is -2.32. The van der Waals surface area contributed by atoms with Gasteiger partial charge in [0.15, 0.2) is 0 Å². The van der Waals surface area contributed by atoms with Gasteiger partial charge in [0.05, 0.1) is 79.3 Å². The van der Waals surface area contributed by atoms with Crippen molar-refractivity contribution < 1.29 is 47.5 Å². The van der Waals surface area contributed by atoms with Crippen LogP contribution in [0, 0.1) is 0 Å². The van der Waals surface area contributed by atoms with Crippen LogP contribution in [0.15, 0.2) is 48.5 Å². The normalized spacial score (nSPS) is 12.1. The zero-order valence-electron chi connectivity index (χ0n) is 28.2. The third kappa shape index (κ3) is 15.1. The highest BCUT2D eigenvalue weighted by Gasteiger charge is 2.29. The van der Waals surface area contributed by atoms with Crippen LogP contribution < -0.4 is 0 Å². The zero-order valence-corrected chi connectivity index (χ0v) is 28.2. The molecule has 0 saturated heterocycles. The molecule has 1 aliphatic rings. The SMILES string of the molecule is CCCCCC(=O)OCCOCCOCCOCCOCCOCCOCCN(C)C(=O)OCC1c2ccccc2-c2ccccc21. The van der Waals surface area contributed by atoms with Crippen molar-refractivity contribution in [1.82, 2.24) is 4.90 Å². The maximum Gasteiger partial charge on any atom is 0.409 e. The Morgan fingerprint density at radius 1 is 0.596 bits per heavy atom. The average molecular weight is 660 g/mol. The second-order valence-electron chi connectivity index (χ2n) is 11.1. The lowest BCUT2D eigenvalue weighted by atomic mass is 9.98. The third-order valence-electron chi connectivity index (χ3n) is 7.55. The average Bonchev–Trinajstić information content (AvgIpc) is 3.41. The van der Waals surface area contributed by atoms with Crippen LogP contribution in [0.1, 0.15) is 49.7 Å². The number of ether oxygens (including phenoxy) is 8. The summed E-state index contributed by atoms with van der Waals surface area (Å²) in [4.78, 5) is 25.6. The van der Waals surface area contributed by atoms with E-state index in [-0.39, 0.29) is 24.6 Å². The van der Waals surface area contributed by atoms with Crippen molar-refractivity contribution in [1.29, 1.82) is 0 Å². The minimum Gasteiger partial charge on any atom is -0.463 e. The Balaban J connectivity index is 1.04. The Bertz CT molecular complexity index is 1100. The molecule has 0 saturated carbocycles. The zero-order chi connectivity index (χ0) is 33.4. The fourth-order valence-electron chi connectivity index (χ4n) is 5.00. The summed E-state index contributed by atoms with van der Waals surface area (Å²) in [6, 6.07) is 16.6. The standard InChI is InChI=1S/C36H53NO10/c1-3-4-5-14-35(38)46-28-27-45-26-25-44-24-23-43-22-21-42-20-19-41-18-17-40-16-15-37(2)36(39)47-29-34-32-12-8-6-10-30(32)31-11-7-9-13-33(31)34/h6-13,34H,3-5,14-29H2,1-2H3. The molecular formula is C36H53NO10. The minimum atomic E-state index is -0.365. The molecule has 0 bridgehead atoms. The van der Waals surface area contributed by atoms with Gasteiger partial charge in [0.25, 0.3) is 0 Å². The molecule has 0 aliphatic heterocycles. The van der Waals surface area contributed by atoms with Crippen molar-refractivity contribution in [2.75, 3.05) is 106 Å². The summed E-state index contributed by atoms with van der Waals surface area (Å²) >= 11 is 0. The van der Waals surface area contributed by atoms with Crippen LogP contribution >= 0.6 is 0 Å². The fourth-order valence-corrected chi connectivity index (χ4v) is 5.00. The molecule has 0 unspecified atom stereocenters. The van der Waals surface area contributed by atoms with Gasteiger partial charge in [0, 0.05) is 25.9 Å². The van der Waals surface area contributed by atoms with Crippen LogP contribution in [-0.4, -0.2) is 123 Å². The number of carbonyl (C=O) groups excluding carboxylic acids is 2. The van der Waals surface area contributed by atoms with Crippen LogP contribution in [0.4, 0.5) is 4.79 Å². The van der Waals surface area contributed by atoms with E-state index in [4.69, 9.17) is 37.9 Å². The Morgan fingerprint density at radius 3 is 1.53 bits per heavy atom. The molecule has 0 atom stereocenters. The van der Waals surface area contributed by atoms with Gasteiger partial charge in [-0.1, -0.05) is 68.3 Å². The van der Waals surface area contributed by atoms with E-state index in [1.807, 2.05) is 24.3 Å². The summed E-state index contributed by atoms with van der Waals surface area (Å²) in [6.07, 6.45) is 3.11. The fraction of sp³-hybridized carbons (Fsp3) is 0.611.